The zero-order valence-electron chi connectivity index (χ0n) is 12.4. The van der Waals surface area contributed by atoms with Crippen LogP contribution in [0.2, 0.25) is 0 Å². The molecule has 0 aromatic heterocycles. The van der Waals surface area contributed by atoms with E-state index in [0.29, 0.717) is 38.9 Å². The zero-order valence-corrected chi connectivity index (χ0v) is 13.2. The zero-order chi connectivity index (χ0) is 15.1. The lowest BCUT2D eigenvalue weighted by Crippen LogP contribution is -2.53. The summed E-state index contributed by atoms with van der Waals surface area (Å²) in [6.45, 7) is 6.84. The van der Waals surface area contributed by atoms with Crippen molar-refractivity contribution in [1.29, 1.82) is 0 Å². The van der Waals surface area contributed by atoms with E-state index in [2.05, 4.69) is 5.32 Å². The smallest absolute Gasteiger partial charge is 0.240 e. The second kappa shape index (κ2) is 7.81. The summed E-state index contributed by atoms with van der Waals surface area (Å²) in [5.41, 5.74) is 5.14. The van der Waals surface area contributed by atoms with Gasteiger partial charge in [0.25, 0.3) is 0 Å². The molecule has 114 valence electrons. The molecule has 0 aromatic rings. The number of rotatable bonds is 9. The monoisotopic (exact) mass is 293 g/mol. The molecule has 0 radical (unpaired) electrons. The van der Waals surface area contributed by atoms with Crippen molar-refractivity contribution in [3.05, 3.63) is 0 Å². The Morgan fingerprint density at radius 2 is 1.79 bits per heavy atom. The minimum Gasteiger partial charge on any atom is -0.354 e. The standard InChI is InChI=1S/C12H27N3O3S/c1-5-12(13,6-2)11(16)14-9-8-10-15(7-3)19(4,17)18/h5-10,13H2,1-4H3,(H,14,16). The van der Waals surface area contributed by atoms with Crippen molar-refractivity contribution < 1.29 is 13.2 Å². The number of carbonyl (C=O) groups is 1. The van der Waals surface area contributed by atoms with Gasteiger partial charge in [0, 0.05) is 19.6 Å². The van der Waals surface area contributed by atoms with Crippen LogP contribution in [0.4, 0.5) is 0 Å². The lowest BCUT2D eigenvalue weighted by Gasteiger charge is -2.25. The van der Waals surface area contributed by atoms with Crippen LogP contribution in [0.25, 0.3) is 0 Å². The van der Waals surface area contributed by atoms with Crippen LogP contribution in [-0.4, -0.2) is 50.1 Å². The fourth-order valence-electron chi connectivity index (χ4n) is 1.76. The first-order valence-electron chi connectivity index (χ1n) is 6.73. The first-order valence-corrected chi connectivity index (χ1v) is 8.58. The Bertz CT molecular complexity index is 378. The maximum Gasteiger partial charge on any atom is 0.240 e. The van der Waals surface area contributed by atoms with Gasteiger partial charge in [-0.25, -0.2) is 12.7 Å². The maximum atomic E-state index is 11.9. The van der Waals surface area contributed by atoms with E-state index in [9.17, 15) is 13.2 Å². The van der Waals surface area contributed by atoms with E-state index >= 15 is 0 Å². The minimum absolute atomic E-state index is 0.167. The Labute approximate surface area is 116 Å². The van der Waals surface area contributed by atoms with Crippen LogP contribution in [0.15, 0.2) is 0 Å². The Balaban J connectivity index is 4.15. The number of nitrogens with zero attached hydrogens (tertiary/aromatic N) is 1. The predicted molar refractivity (Wildman–Crippen MR) is 77.2 cm³/mol. The van der Waals surface area contributed by atoms with E-state index in [1.165, 1.54) is 10.6 Å². The van der Waals surface area contributed by atoms with Crippen molar-refractivity contribution in [2.45, 2.75) is 45.6 Å². The summed E-state index contributed by atoms with van der Waals surface area (Å²) in [6.07, 6.45) is 2.93. The normalized spacial score (nSPS) is 12.7. The highest BCUT2D eigenvalue weighted by Gasteiger charge is 2.29. The van der Waals surface area contributed by atoms with Gasteiger partial charge in [0.2, 0.25) is 15.9 Å². The molecular formula is C12H27N3O3S. The number of carbonyl (C=O) groups excluding carboxylic acids is 1. The van der Waals surface area contributed by atoms with Crippen LogP contribution < -0.4 is 11.1 Å². The van der Waals surface area contributed by atoms with Crippen LogP contribution >= 0.6 is 0 Å². The molecule has 0 fully saturated rings. The lowest BCUT2D eigenvalue weighted by atomic mass is 9.93. The van der Waals surface area contributed by atoms with E-state index in [-0.39, 0.29) is 5.91 Å². The topological polar surface area (TPSA) is 92.5 Å². The molecule has 0 rings (SSSR count). The Hall–Kier alpha value is -0.660. The van der Waals surface area contributed by atoms with Crippen molar-refractivity contribution in [2.75, 3.05) is 25.9 Å². The van der Waals surface area contributed by atoms with Gasteiger partial charge < -0.3 is 11.1 Å². The van der Waals surface area contributed by atoms with Gasteiger partial charge in [0.15, 0.2) is 0 Å². The summed E-state index contributed by atoms with van der Waals surface area (Å²) in [6, 6.07) is 0. The number of sulfonamides is 1. The van der Waals surface area contributed by atoms with Crippen LogP contribution in [0, 0.1) is 0 Å². The molecule has 0 aromatic carbocycles. The molecule has 6 nitrogen and oxygen atoms in total. The SMILES string of the molecule is CCN(CCCNC(=O)C(N)(CC)CC)S(C)(=O)=O. The van der Waals surface area contributed by atoms with Gasteiger partial charge >= 0.3 is 0 Å². The second-order valence-electron chi connectivity index (χ2n) is 4.73. The summed E-state index contributed by atoms with van der Waals surface area (Å²) in [5, 5.41) is 2.77. The molecule has 0 aliphatic rings. The molecule has 7 heteroatoms. The molecule has 0 heterocycles. The summed E-state index contributed by atoms with van der Waals surface area (Å²) in [4.78, 5) is 11.9. The van der Waals surface area contributed by atoms with Crippen molar-refractivity contribution in [1.82, 2.24) is 9.62 Å². The summed E-state index contributed by atoms with van der Waals surface area (Å²) in [7, 11) is -3.16. The average Bonchev–Trinajstić information content (AvgIpc) is 2.35. The van der Waals surface area contributed by atoms with Crippen molar-refractivity contribution in [3.8, 4) is 0 Å². The highest BCUT2D eigenvalue weighted by atomic mass is 32.2. The average molecular weight is 293 g/mol. The number of hydrogen-bond acceptors (Lipinski definition) is 4. The number of nitrogens with one attached hydrogen (secondary N) is 1. The van der Waals surface area contributed by atoms with E-state index in [1.807, 2.05) is 13.8 Å². The van der Waals surface area contributed by atoms with Gasteiger partial charge in [0.05, 0.1) is 11.8 Å². The van der Waals surface area contributed by atoms with E-state index in [0.717, 1.165) is 0 Å². The van der Waals surface area contributed by atoms with Gasteiger partial charge in [0.1, 0.15) is 0 Å². The van der Waals surface area contributed by atoms with Crippen molar-refractivity contribution in [2.24, 2.45) is 5.73 Å². The maximum absolute atomic E-state index is 11.9. The first kappa shape index (κ1) is 18.3. The highest BCUT2D eigenvalue weighted by molar-refractivity contribution is 7.88. The molecule has 0 aliphatic heterocycles. The largest absolute Gasteiger partial charge is 0.354 e. The summed E-state index contributed by atoms with van der Waals surface area (Å²) >= 11 is 0. The van der Waals surface area contributed by atoms with Crippen molar-refractivity contribution in [3.63, 3.8) is 0 Å². The minimum atomic E-state index is -3.16. The fourth-order valence-corrected chi connectivity index (χ4v) is 2.69. The number of nitrogens with two attached hydrogens (primary N) is 1. The molecule has 0 aliphatic carbocycles. The van der Waals surface area contributed by atoms with Gasteiger partial charge in [-0.05, 0) is 19.3 Å². The molecule has 0 saturated heterocycles. The van der Waals surface area contributed by atoms with Crippen LogP contribution in [-0.2, 0) is 14.8 Å². The van der Waals surface area contributed by atoms with Gasteiger partial charge in [-0.15, -0.1) is 0 Å². The fraction of sp³-hybridized carbons (Fsp3) is 0.917. The van der Waals surface area contributed by atoms with Gasteiger partial charge in [-0.2, -0.15) is 0 Å². The molecule has 0 saturated carbocycles. The lowest BCUT2D eigenvalue weighted by molar-refractivity contribution is -0.126. The van der Waals surface area contributed by atoms with Gasteiger partial charge in [-0.3, -0.25) is 4.79 Å². The second-order valence-corrected chi connectivity index (χ2v) is 6.71. The van der Waals surface area contributed by atoms with E-state index in [4.69, 9.17) is 5.73 Å². The predicted octanol–water partition coefficient (Wildman–Crippen LogP) is 0.292. The van der Waals surface area contributed by atoms with E-state index in [1.54, 1.807) is 6.92 Å². The Morgan fingerprint density at radius 1 is 1.26 bits per heavy atom. The molecule has 0 atom stereocenters. The third kappa shape index (κ3) is 5.88. The number of amides is 1. The Morgan fingerprint density at radius 3 is 2.16 bits per heavy atom. The summed E-state index contributed by atoms with van der Waals surface area (Å²) < 4.78 is 24.1. The van der Waals surface area contributed by atoms with Crippen LogP contribution in [0.3, 0.4) is 0 Å². The first-order chi connectivity index (χ1) is 8.71. The Kier molecular flexibility index (Phi) is 7.54. The van der Waals surface area contributed by atoms with Crippen molar-refractivity contribution >= 4 is 15.9 Å². The molecule has 0 unspecified atom stereocenters. The molecule has 19 heavy (non-hydrogen) atoms. The molecule has 0 spiro atoms. The molecule has 0 bridgehead atoms. The molecule has 3 N–H and O–H groups in total. The molecule has 1 amide bonds. The third-order valence-electron chi connectivity index (χ3n) is 3.41. The van der Waals surface area contributed by atoms with Crippen LogP contribution in [0.5, 0.6) is 0 Å². The quantitative estimate of drug-likeness (QED) is 0.598. The highest BCUT2D eigenvalue weighted by Crippen LogP contribution is 2.10. The van der Waals surface area contributed by atoms with Crippen LogP contribution in [0.1, 0.15) is 40.0 Å². The van der Waals surface area contributed by atoms with E-state index < -0.39 is 15.6 Å². The summed E-state index contributed by atoms with van der Waals surface area (Å²) in [5.74, 6) is -0.167. The molecular weight excluding hydrogens is 266 g/mol. The van der Waals surface area contributed by atoms with Gasteiger partial charge in [-0.1, -0.05) is 20.8 Å². The number of hydrogen-bond donors (Lipinski definition) is 2. The third-order valence-corrected chi connectivity index (χ3v) is 4.78.